The molecule has 1 fully saturated rings. The van der Waals surface area contributed by atoms with E-state index < -0.39 is 12.5 Å². The standard InChI is InChI=1S/C8H14F2N2O2/c9-7(10)6(13)4-12-8(14)5-1-2-11-3-5/h5-7,11,13H,1-4H2,(H,12,14). The van der Waals surface area contributed by atoms with Gasteiger partial charge in [0.2, 0.25) is 5.91 Å². The summed E-state index contributed by atoms with van der Waals surface area (Å²) in [6, 6.07) is 0. The molecule has 1 amide bonds. The minimum atomic E-state index is -2.81. The van der Waals surface area contributed by atoms with Crippen molar-refractivity contribution in [3.63, 3.8) is 0 Å². The zero-order valence-corrected chi connectivity index (χ0v) is 7.67. The second-order valence-electron chi connectivity index (χ2n) is 3.34. The number of halogens is 2. The van der Waals surface area contributed by atoms with Crippen LogP contribution in [-0.2, 0) is 4.79 Å². The number of aliphatic hydroxyl groups is 1. The average molecular weight is 208 g/mol. The number of carbonyl (C=O) groups excluding carboxylic acids is 1. The molecule has 0 spiro atoms. The molecule has 6 heteroatoms. The maximum absolute atomic E-state index is 11.8. The molecule has 1 saturated heterocycles. The smallest absolute Gasteiger partial charge is 0.265 e. The highest BCUT2D eigenvalue weighted by molar-refractivity contribution is 5.79. The van der Waals surface area contributed by atoms with Gasteiger partial charge in [-0.25, -0.2) is 8.78 Å². The van der Waals surface area contributed by atoms with E-state index in [0.717, 1.165) is 13.0 Å². The molecule has 1 rings (SSSR count). The third-order valence-electron chi connectivity index (χ3n) is 2.21. The Morgan fingerprint density at radius 3 is 2.86 bits per heavy atom. The van der Waals surface area contributed by atoms with Crippen LogP contribution in [0.3, 0.4) is 0 Å². The van der Waals surface area contributed by atoms with E-state index in [1.807, 2.05) is 0 Å². The fourth-order valence-corrected chi connectivity index (χ4v) is 1.32. The molecular formula is C8H14F2N2O2. The minimum absolute atomic E-state index is 0.153. The molecule has 0 radical (unpaired) electrons. The van der Waals surface area contributed by atoms with Crippen molar-refractivity contribution >= 4 is 5.91 Å². The van der Waals surface area contributed by atoms with Crippen LogP contribution in [0.4, 0.5) is 8.78 Å². The van der Waals surface area contributed by atoms with Gasteiger partial charge in [0.25, 0.3) is 6.43 Å². The van der Waals surface area contributed by atoms with Crippen LogP contribution in [0, 0.1) is 5.92 Å². The normalized spacial score (nSPS) is 23.9. The molecule has 2 atom stereocenters. The van der Waals surface area contributed by atoms with Crippen molar-refractivity contribution < 1.29 is 18.7 Å². The van der Waals surface area contributed by atoms with E-state index in [9.17, 15) is 13.6 Å². The van der Waals surface area contributed by atoms with E-state index in [4.69, 9.17) is 5.11 Å². The van der Waals surface area contributed by atoms with E-state index in [1.165, 1.54) is 0 Å². The first-order valence-electron chi connectivity index (χ1n) is 4.56. The first kappa shape index (κ1) is 11.3. The maximum Gasteiger partial charge on any atom is 0.265 e. The summed E-state index contributed by atoms with van der Waals surface area (Å²) in [6.45, 7) is 0.971. The quantitative estimate of drug-likeness (QED) is 0.574. The first-order chi connectivity index (χ1) is 6.61. The van der Waals surface area contributed by atoms with Crippen molar-refractivity contribution in [3.05, 3.63) is 0 Å². The molecule has 1 aliphatic rings. The molecule has 0 aromatic carbocycles. The molecule has 4 nitrogen and oxygen atoms in total. The summed E-state index contributed by atoms with van der Waals surface area (Å²) in [5.41, 5.74) is 0. The van der Waals surface area contributed by atoms with Crippen LogP contribution in [0.15, 0.2) is 0 Å². The number of rotatable bonds is 4. The summed E-state index contributed by atoms with van der Waals surface area (Å²) in [7, 11) is 0. The lowest BCUT2D eigenvalue weighted by atomic mass is 10.1. The number of aliphatic hydroxyl groups excluding tert-OH is 1. The van der Waals surface area contributed by atoms with Crippen LogP contribution in [0.2, 0.25) is 0 Å². The summed E-state index contributed by atoms with van der Waals surface area (Å²) in [5.74, 6) is -0.422. The van der Waals surface area contributed by atoms with Crippen LogP contribution in [-0.4, -0.2) is 43.2 Å². The van der Waals surface area contributed by atoms with Crippen LogP contribution in [0.5, 0.6) is 0 Å². The second kappa shape index (κ2) is 5.21. The Hall–Kier alpha value is -0.750. The van der Waals surface area contributed by atoms with Gasteiger partial charge in [-0.3, -0.25) is 4.79 Å². The molecule has 0 aromatic rings. The van der Waals surface area contributed by atoms with Crippen LogP contribution in [0.1, 0.15) is 6.42 Å². The highest BCUT2D eigenvalue weighted by Gasteiger charge is 2.24. The highest BCUT2D eigenvalue weighted by Crippen LogP contribution is 2.07. The summed E-state index contributed by atoms with van der Waals surface area (Å²) in [4.78, 5) is 11.3. The number of alkyl halides is 2. The molecule has 0 bridgehead atoms. The van der Waals surface area contributed by atoms with Crippen LogP contribution in [0.25, 0.3) is 0 Å². The van der Waals surface area contributed by atoms with Gasteiger partial charge in [0.05, 0.1) is 5.92 Å². The maximum atomic E-state index is 11.8. The third-order valence-corrected chi connectivity index (χ3v) is 2.21. The second-order valence-corrected chi connectivity index (χ2v) is 3.34. The summed E-state index contributed by atoms with van der Waals surface area (Å²) in [6.07, 6.45) is -3.86. The van der Waals surface area contributed by atoms with Crippen molar-refractivity contribution in [2.75, 3.05) is 19.6 Å². The van der Waals surface area contributed by atoms with E-state index >= 15 is 0 Å². The molecule has 0 aromatic heterocycles. The Bertz CT molecular complexity index is 196. The van der Waals surface area contributed by atoms with E-state index in [2.05, 4.69) is 10.6 Å². The molecule has 3 N–H and O–H groups in total. The van der Waals surface area contributed by atoms with Crippen molar-refractivity contribution in [1.29, 1.82) is 0 Å². The lowest BCUT2D eigenvalue weighted by Crippen LogP contribution is -2.39. The zero-order valence-electron chi connectivity index (χ0n) is 7.67. The predicted molar refractivity (Wildman–Crippen MR) is 46.0 cm³/mol. The fourth-order valence-electron chi connectivity index (χ4n) is 1.32. The van der Waals surface area contributed by atoms with Gasteiger partial charge in [-0.1, -0.05) is 0 Å². The summed E-state index contributed by atoms with van der Waals surface area (Å²) in [5, 5.41) is 14.0. The predicted octanol–water partition coefficient (Wildman–Crippen LogP) is -0.662. The number of hydrogen-bond donors (Lipinski definition) is 3. The largest absolute Gasteiger partial charge is 0.385 e. The summed E-state index contributed by atoms with van der Waals surface area (Å²) >= 11 is 0. The molecule has 82 valence electrons. The fraction of sp³-hybridized carbons (Fsp3) is 0.875. The van der Waals surface area contributed by atoms with Gasteiger partial charge in [-0.05, 0) is 13.0 Å². The molecular weight excluding hydrogens is 194 g/mol. The van der Waals surface area contributed by atoms with Gasteiger partial charge in [-0.15, -0.1) is 0 Å². The van der Waals surface area contributed by atoms with Gasteiger partial charge in [0.1, 0.15) is 6.10 Å². The molecule has 1 aliphatic heterocycles. The van der Waals surface area contributed by atoms with E-state index in [1.54, 1.807) is 0 Å². The third kappa shape index (κ3) is 3.19. The molecule has 14 heavy (non-hydrogen) atoms. The average Bonchev–Trinajstić information content (AvgIpc) is 2.66. The van der Waals surface area contributed by atoms with Gasteiger partial charge in [-0.2, -0.15) is 0 Å². The Kier molecular flexibility index (Phi) is 4.21. The summed E-state index contributed by atoms with van der Waals surface area (Å²) < 4.78 is 23.7. The Morgan fingerprint density at radius 2 is 2.36 bits per heavy atom. The zero-order chi connectivity index (χ0) is 10.6. The monoisotopic (exact) mass is 208 g/mol. The van der Waals surface area contributed by atoms with Crippen LogP contribution < -0.4 is 10.6 Å². The van der Waals surface area contributed by atoms with Gasteiger partial charge < -0.3 is 15.7 Å². The molecule has 1 heterocycles. The lowest BCUT2D eigenvalue weighted by molar-refractivity contribution is -0.125. The number of hydrogen-bond acceptors (Lipinski definition) is 3. The van der Waals surface area contributed by atoms with Crippen molar-refractivity contribution in [3.8, 4) is 0 Å². The van der Waals surface area contributed by atoms with Gasteiger partial charge >= 0.3 is 0 Å². The van der Waals surface area contributed by atoms with Crippen LogP contribution >= 0.6 is 0 Å². The molecule has 2 unspecified atom stereocenters. The lowest BCUT2D eigenvalue weighted by Gasteiger charge is -2.13. The Labute approximate surface area is 80.7 Å². The molecule has 0 saturated carbocycles. The van der Waals surface area contributed by atoms with Gasteiger partial charge in [0.15, 0.2) is 0 Å². The van der Waals surface area contributed by atoms with Crippen molar-refractivity contribution in [1.82, 2.24) is 10.6 Å². The number of carbonyl (C=O) groups is 1. The highest BCUT2D eigenvalue weighted by atomic mass is 19.3. The van der Waals surface area contributed by atoms with Gasteiger partial charge in [0, 0.05) is 13.1 Å². The van der Waals surface area contributed by atoms with Crippen molar-refractivity contribution in [2.45, 2.75) is 19.0 Å². The minimum Gasteiger partial charge on any atom is -0.385 e. The Balaban J connectivity index is 2.20. The van der Waals surface area contributed by atoms with E-state index in [-0.39, 0.29) is 18.4 Å². The van der Waals surface area contributed by atoms with Crippen molar-refractivity contribution in [2.24, 2.45) is 5.92 Å². The Morgan fingerprint density at radius 1 is 1.64 bits per heavy atom. The number of nitrogens with one attached hydrogen (secondary N) is 2. The number of amides is 1. The first-order valence-corrected chi connectivity index (χ1v) is 4.56. The topological polar surface area (TPSA) is 61.4 Å². The SMILES string of the molecule is O=C(NCC(O)C(F)F)C1CCNC1. The van der Waals surface area contributed by atoms with E-state index in [0.29, 0.717) is 6.54 Å². The molecule has 0 aliphatic carbocycles.